The Morgan fingerprint density at radius 3 is 2.21 bits per heavy atom. The highest BCUT2D eigenvalue weighted by Crippen LogP contribution is 2.44. The molecule has 2 atom stereocenters. The Morgan fingerprint density at radius 1 is 1.06 bits per heavy atom. The molecule has 0 saturated carbocycles. The molecule has 2 amide bonds. The van der Waals surface area contributed by atoms with Gasteiger partial charge in [0.1, 0.15) is 12.6 Å². The number of alkyl carbamates (subject to hydrolysis) is 1. The Balaban J connectivity index is 1.63. The van der Waals surface area contributed by atoms with Crippen molar-refractivity contribution in [3.8, 4) is 23.5 Å². The molecule has 0 aromatic heterocycles. The predicted octanol–water partition coefficient (Wildman–Crippen LogP) is 3.68. The Morgan fingerprint density at radius 2 is 1.67 bits per heavy atom. The Hall–Kier alpha value is -3.79. The highest BCUT2D eigenvalue weighted by atomic mass is 16.5. The number of hydrogen-bond acceptors (Lipinski definition) is 4. The molecule has 3 N–H and O–H groups in total. The van der Waals surface area contributed by atoms with Crippen molar-refractivity contribution >= 4 is 18.0 Å². The second-order valence-electron chi connectivity index (χ2n) is 8.02. The highest BCUT2D eigenvalue weighted by molar-refractivity contribution is 5.86. The van der Waals surface area contributed by atoms with E-state index in [4.69, 9.17) is 16.3 Å². The molecular weight excluding hydrogens is 420 g/mol. The molecule has 0 heterocycles. The van der Waals surface area contributed by atoms with Gasteiger partial charge in [0.2, 0.25) is 5.91 Å². The van der Waals surface area contributed by atoms with Gasteiger partial charge >= 0.3 is 12.1 Å². The fourth-order valence-corrected chi connectivity index (χ4v) is 4.20. The molecule has 1 unspecified atom stereocenters. The Kier molecular flexibility index (Phi) is 8.09. The van der Waals surface area contributed by atoms with Gasteiger partial charge in [-0.1, -0.05) is 61.9 Å². The molecule has 2 aromatic rings. The largest absolute Gasteiger partial charge is 0.481 e. The summed E-state index contributed by atoms with van der Waals surface area (Å²) < 4.78 is 5.49. The molecule has 0 radical (unpaired) electrons. The molecule has 0 saturated heterocycles. The molecular formula is C26H28N2O5. The van der Waals surface area contributed by atoms with Crippen LogP contribution in [0.4, 0.5) is 4.79 Å². The maximum atomic E-state index is 12.7. The summed E-state index contributed by atoms with van der Waals surface area (Å²) in [6.45, 7) is 2.01. The zero-order valence-electron chi connectivity index (χ0n) is 18.5. The van der Waals surface area contributed by atoms with E-state index in [-0.39, 0.29) is 25.4 Å². The van der Waals surface area contributed by atoms with Gasteiger partial charge in [-0.15, -0.1) is 12.3 Å². The Labute approximate surface area is 193 Å². The van der Waals surface area contributed by atoms with Crippen LogP contribution in [-0.4, -0.2) is 41.8 Å². The number of terminal acetylenes is 1. The van der Waals surface area contributed by atoms with Crippen LogP contribution in [0.1, 0.15) is 49.7 Å². The molecule has 0 fully saturated rings. The summed E-state index contributed by atoms with van der Waals surface area (Å²) >= 11 is 0. The number of carboxylic acids is 1. The molecule has 33 heavy (non-hydrogen) atoms. The lowest BCUT2D eigenvalue weighted by molar-refractivity contribution is -0.137. The molecule has 0 aliphatic heterocycles. The number of aliphatic carboxylic acids is 1. The summed E-state index contributed by atoms with van der Waals surface area (Å²) in [5.41, 5.74) is 4.40. The van der Waals surface area contributed by atoms with Gasteiger partial charge in [0.25, 0.3) is 0 Å². The van der Waals surface area contributed by atoms with Crippen molar-refractivity contribution in [3.05, 3.63) is 59.7 Å². The minimum atomic E-state index is -1.01. The van der Waals surface area contributed by atoms with E-state index in [1.54, 1.807) is 0 Å². The number of nitrogens with one attached hydrogen (secondary N) is 2. The van der Waals surface area contributed by atoms with Crippen molar-refractivity contribution in [1.29, 1.82) is 0 Å². The average molecular weight is 449 g/mol. The van der Waals surface area contributed by atoms with Gasteiger partial charge in [0, 0.05) is 18.4 Å². The molecule has 7 heteroatoms. The molecule has 1 aliphatic carbocycles. The summed E-state index contributed by atoms with van der Waals surface area (Å²) in [6, 6.07) is 14.4. The van der Waals surface area contributed by atoms with Gasteiger partial charge in [0.05, 0.1) is 6.42 Å². The first-order chi connectivity index (χ1) is 15.9. The fourth-order valence-electron chi connectivity index (χ4n) is 4.20. The number of hydrogen-bond donors (Lipinski definition) is 3. The topological polar surface area (TPSA) is 105 Å². The van der Waals surface area contributed by atoms with E-state index < -0.39 is 30.1 Å². The van der Waals surface area contributed by atoms with E-state index in [2.05, 4.69) is 16.6 Å². The zero-order chi connectivity index (χ0) is 23.8. The molecule has 1 aliphatic rings. The zero-order valence-corrected chi connectivity index (χ0v) is 18.5. The van der Waals surface area contributed by atoms with Crippen LogP contribution in [-0.2, 0) is 14.3 Å². The maximum absolute atomic E-state index is 12.7. The molecule has 2 aromatic carbocycles. The lowest BCUT2D eigenvalue weighted by atomic mass is 9.98. The van der Waals surface area contributed by atoms with Crippen LogP contribution in [0.5, 0.6) is 0 Å². The van der Waals surface area contributed by atoms with E-state index >= 15 is 0 Å². The number of rotatable bonds is 10. The molecule has 172 valence electrons. The van der Waals surface area contributed by atoms with Crippen molar-refractivity contribution in [2.75, 3.05) is 6.61 Å². The van der Waals surface area contributed by atoms with Crippen molar-refractivity contribution in [2.24, 2.45) is 0 Å². The van der Waals surface area contributed by atoms with Gasteiger partial charge in [-0.2, -0.15) is 0 Å². The Bertz CT molecular complexity index is 1010. The van der Waals surface area contributed by atoms with Gasteiger partial charge in [0.15, 0.2) is 0 Å². The maximum Gasteiger partial charge on any atom is 0.407 e. The molecule has 7 nitrogen and oxygen atoms in total. The summed E-state index contributed by atoms with van der Waals surface area (Å²) in [5.74, 6) is 0.737. The van der Waals surface area contributed by atoms with Crippen LogP contribution < -0.4 is 10.6 Å². The van der Waals surface area contributed by atoms with Crippen LogP contribution >= 0.6 is 0 Å². The highest BCUT2D eigenvalue weighted by Gasteiger charge is 2.30. The lowest BCUT2D eigenvalue weighted by Crippen LogP contribution is -2.50. The number of carboxylic acid groups (broad SMARTS) is 1. The summed E-state index contributed by atoms with van der Waals surface area (Å²) in [4.78, 5) is 36.2. The number of carbonyl (C=O) groups excluding carboxylic acids is 2. The second kappa shape index (κ2) is 11.2. The molecule has 0 bridgehead atoms. The number of carbonyl (C=O) groups is 3. The number of benzene rings is 2. The first kappa shape index (κ1) is 23.9. The first-order valence-electron chi connectivity index (χ1n) is 11.0. The van der Waals surface area contributed by atoms with Crippen molar-refractivity contribution < 1.29 is 24.2 Å². The minimum Gasteiger partial charge on any atom is -0.481 e. The van der Waals surface area contributed by atoms with E-state index in [1.807, 2.05) is 55.5 Å². The number of amides is 2. The third-order valence-electron chi connectivity index (χ3n) is 5.68. The normalized spacial score (nSPS) is 13.7. The van der Waals surface area contributed by atoms with Crippen LogP contribution in [0.15, 0.2) is 48.5 Å². The quantitative estimate of drug-likeness (QED) is 0.481. The predicted molar refractivity (Wildman–Crippen MR) is 125 cm³/mol. The van der Waals surface area contributed by atoms with Crippen LogP contribution in [0, 0.1) is 12.3 Å². The molecule has 3 rings (SSSR count). The number of ether oxygens (including phenoxy) is 1. The summed E-state index contributed by atoms with van der Waals surface area (Å²) in [7, 11) is 0. The fraction of sp³-hybridized carbons (Fsp3) is 0.346. The van der Waals surface area contributed by atoms with Gasteiger partial charge in [-0.3, -0.25) is 9.59 Å². The first-order valence-corrected chi connectivity index (χ1v) is 11.0. The smallest absolute Gasteiger partial charge is 0.407 e. The average Bonchev–Trinajstić information content (AvgIpc) is 3.11. The van der Waals surface area contributed by atoms with Gasteiger partial charge < -0.3 is 20.5 Å². The summed E-state index contributed by atoms with van der Waals surface area (Å²) in [5, 5.41) is 14.3. The lowest BCUT2D eigenvalue weighted by Gasteiger charge is -2.22. The van der Waals surface area contributed by atoms with Crippen molar-refractivity contribution in [2.45, 2.75) is 50.6 Å². The van der Waals surface area contributed by atoms with E-state index in [0.717, 1.165) is 22.3 Å². The third-order valence-corrected chi connectivity index (χ3v) is 5.68. The minimum absolute atomic E-state index is 0.0397. The van der Waals surface area contributed by atoms with E-state index in [9.17, 15) is 14.4 Å². The van der Waals surface area contributed by atoms with Crippen LogP contribution in [0.3, 0.4) is 0 Å². The SMILES string of the molecule is C#CCC(NC(=O)OCC1c2ccccc2-c2ccccc21)C(=O)N[C@H](CCC)CC(=O)O. The van der Waals surface area contributed by atoms with E-state index in [0.29, 0.717) is 12.8 Å². The van der Waals surface area contributed by atoms with E-state index in [1.165, 1.54) is 0 Å². The van der Waals surface area contributed by atoms with Crippen LogP contribution in [0.2, 0.25) is 0 Å². The van der Waals surface area contributed by atoms with Gasteiger partial charge in [-0.05, 0) is 28.7 Å². The standard InChI is InChI=1S/C26H28N2O5/c1-3-9-17(15-24(29)30)27-25(31)23(10-4-2)28-26(32)33-16-22-20-13-7-5-11-18(20)19-12-6-8-14-21(19)22/h2,5-8,11-14,17,22-23H,3,9-10,15-16H2,1H3,(H,27,31)(H,28,32)(H,29,30)/t17-,23?/m1/s1. The van der Waals surface area contributed by atoms with Crippen molar-refractivity contribution in [3.63, 3.8) is 0 Å². The molecule has 0 spiro atoms. The van der Waals surface area contributed by atoms with Crippen molar-refractivity contribution in [1.82, 2.24) is 10.6 Å². The van der Waals surface area contributed by atoms with Crippen LogP contribution in [0.25, 0.3) is 11.1 Å². The van der Waals surface area contributed by atoms with Gasteiger partial charge in [-0.25, -0.2) is 4.79 Å². The summed E-state index contributed by atoms with van der Waals surface area (Å²) in [6.07, 6.45) is 5.60. The second-order valence-corrected chi connectivity index (χ2v) is 8.02. The monoisotopic (exact) mass is 448 g/mol. The number of fused-ring (bicyclic) bond motifs is 3. The third kappa shape index (κ3) is 5.92.